The van der Waals surface area contributed by atoms with Crippen molar-refractivity contribution >= 4 is 17.8 Å². The Hall–Kier alpha value is -4.01. The van der Waals surface area contributed by atoms with Crippen molar-refractivity contribution in [2.24, 2.45) is 5.10 Å². The molecule has 0 saturated heterocycles. The van der Waals surface area contributed by atoms with Crippen molar-refractivity contribution in [2.45, 2.75) is 0 Å². The number of aromatic amines is 1. The van der Waals surface area contributed by atoms with E-state index in [1.54, 1.807) is 6.07 Å². The Labute approximate surface area is 147 Å². The Bertz CT molecular complexity index is 982. The van der Waals surface area contributed by atoms with Crippen LogP contribution in [0.4, 0.5) is 5.69 Å². The Balaban J connectivity index is 1.70. The first-order valence-electron chi connectivity index (χ1n) is 7.47. The molecule has 1 aromatic heterocycles. The molecule has 3 N–H and O–H groups in total. The van der Waals surface area contributed by atoms with E-state index >= 15 is 0 Å². The molecule has 1 amide bonds. The number of phenols is 1. The van der Waals surface area contributed by atoms with Gasteiger partial charge in [0.05, 0.1) is 16.8 Å². The van der Waals surface area contributed by atoms with Gasteiger partial charge in [-0.05, 0) is 12.1 Å². The molecule has 3 rings (SSSR count). The van der Waals surface area contributed by atoms with Crippen molar-refractivity contribution in [1.29, 1.82) is 0 Å². The van der Waals surface area contributed by atoms with Crippen LogP contribution >= 0.6 is 0 Å². The highest BCUT2D eigenvalue weighted by atomic mass is 16.6. The number of H-pyrrole nitrogens is 1. The predicted molar refractivity (Wildman–Crippen MR) is 93.8 cm³/mol. The molecule has 2 aromatic carbocycles. The average Bonchev–Trinajstić information content (AvgIpc) is 3.14. The molecular formula is C17H13N5O4. The van der Waals surface area contributed by atoms with Crippen molar-refractivity contribution in [3.05, 3.63) is 76.0 Å². The number of nitro groups is 1. The van der Waals surface area contributed by atoms with Gasteiger partial charge in [0.15, 0.2) is 0 Å². The number of amides is 1. The van der Waals surface area contributed by atoms with E-state index in [1.807, 2.05) is 30.3 Å². The van der Waals surface area contributed by atoms with Crippen LogP contribution in [0.15, 0.2) is 59.7 Å². The molecule has 3 aromatic rings. The molecular weight excluding hydrogens is 338 g/mol. The van der Waals surface area contributed by atoms with Gasteiger partial charge in [-0.25, -0.2) is 5.43 Å². The van der Waals surface area contributed by atoms with Crippen LogP contribution in [-0.2, 0) is 0 Å². The lowest BCUT2D eigenvalue weighted by Gasteiger charge is -2.00. The number of hydrogen-bond donors (Lipinski definition) is 3. The highest BCUT2D eigenvalue weighted by molar-refractivity contribution is 5.94. The summed E-state index contributed by atoms with van der Waals surface area (Å²) in [5.74, 6) is -1.07. The molecule has 9 nitrogen and oxygen atoms in total. The van der Waals surface area contributed by atoms with E-state index in [4.69, 9.17) is 0 Å². The summed E-state index contributed by atoms with van der Waals surface area (Å²) in [6.07, 6.45) is 1.12. The zero-order chi connectivity index (χ0) is 18.5. The van der Waals surface area contributed by atoms with E-state index in [0.29, 0.717) is 5.69 Å². The van der Waals surface area contributed by atoms with Gasteiger partial charge in [0.25, 0.3) is 5.91 Å². The average molecular weight is 351 g/mol. The fraction of sp³-hybridized carbons (Fsp3) is 0. The second-order valence-corrected chi connectivity index (χ2v) is 5.20. The SMILES string of the molecule is O=C(N/N=C/c1cccc([N+](=O)[O-])c1O)c1cc(-c2ccccc2)n[nH]1. The third kappa shape index (κ3) is 3.56. The Kier molecular flexibility index (Phi) is 4.70. The van der Waals surface area contributed by atoms with Gasteiger partial charge in [0.1, 0.15) is 5.69 Å². The molecule has 0 aliphatic carbocycles. The van der Waals surface area contributed by atoms with Crippen molar-refractivity contribution in [3.8, 4) is 17.0 Å². The van der Waals surface area contributed by atoms with E-state index in [2.05, 4.69) is 20.7 Å². The van der Waals surface area contributed by atoms with Crippen LogP contribution in [0.3, 0.4) is 0 Å². The Morgan fingerprint density at radius 2 is 2.00 bits per heavy atom. The lowest BCUT2D eigenvalue weighted by molar-refractivity contribution is -0.385. The van der Waals surface area contributed by atoms with Gasteiger partial charge < -0.3 is 5.11 Å². The monoisotopic (exact) mass is 351 g/mol. The molecule has 1 heterocycles. The van der Waals surface area contributed by atoms with Gasteiger partial charge in [0, 0.05) is 17.2 Å². The number of nitrogens with one attached hydrogen (secondary N) is 2. The van der Waals surface area contributed by atoms with Crippen LogP contribution in [0, 0.1) is 10.1 Å². The van der Waals surface area contributed by atoms with Crippen LogP contribution < -0.4 is 5.43 Å². The maximum Gasteiger partial charge on any atom is 0.311 e. The van der Waals surface area contributed by atoms with Crippen molar-refractivity contribution in [1.82, 2.24) is 15.6 Å². The molecule has 0 fully saturated rings. The number of aromatic hydroxyl groups is 1. The molecule has 0 spiro atoms. The third-order valence-electron chi connectivity index (χ3n) is 3.50. The Morgan fingerprint density at radius 1 is 1.23 bits per heavy atom. The number of hydrogen-bond acceptors (Lipinski definition) is 6. The van der Waals surface area contributed by atoms with Gasteiger partial charge in [-0.2, -0.15) is 10.2 Å². The van der Waals surface area contributed by atoms with Gasteiger partial charge >= 0.3 is 5.69 Å². The number of benzene rings is 2. The number of rotatable bonds is 5. The molecule has 130 valence electrons. The number of nitro benzene ring substituents is 1. The van der Waals surface area contributed by atoms with Gasteiger partial charge in [-0.15, -0.1) is 0 Å². The topological polar surface area (TPSA) is 134 Å². The van der Waals surface area contributed by atoms with Crippen LogP contribution in [0.25, 0.3) is 11.3 Å². The fourth-order valence-electron chi connectivity index (χ4n) is 2.22. The number of phenolic OH excluding ortho intramolecular Hbond substituents is 1. The standard InChI is InChI=1S/C17H13N5O4/c23-16-12(7-4-8-15(16)22(25)26)10-18-21-17(24)14-9-13(19-20-14)11-5-2-1-3-6-11/h1-10,23H,(H,19,20)(H,21,24)/b18-10+. The number of carbonyl (C=O) groups is 1. The maximum atomic E-state index is 12.1. The number of carbonyl (C=O) groups excluding carboxylic acids is 1. The lowest BCUT2D eigenvalue weighted by Crippen LogP contribution is -2.18. The summed E-state index contributed by atoms with van der Waals surface area (Å²) in [5.41, 5.74) is 3.59. The van der Waals surface area contributed by atoms with Crippen molar-refractivity contribution < 1.29 is 14.8 Å². The van der Waals surface area contributed by atoms with E-state index in [0.717, 1.165) is 11.8 Å². The first-order valence-corrected chi connectivity index (χ1v) is 7.47. The molecule has 26 heavy (non-hydrogen) atoms. The highest BCUT2D eigenvalue weighted by Gasteiger charge is 2.15. The lowest BCUT2D eigenvalue weighted by atomic mass is 10.1. The van der Waals surface area contributed by atoms with Crippen molar-refractivity contribution in [3.63, 3.8) is 0 Å². The minimum atomic E-state index is -0.707. The molecule has 0 aliphatic heterocycles. The van der Waals surface area contributed by atoms with E-state index in [9.17, 15) is 20.0 Å². The minimum Gasteiger partial charge on any atom is -0.502 e. The quantitative estimate of drug-likeness (QED) is 0.369. The van der Waals surface area contributed by atoms with Crippen molar-refractivity contribution in [2.75, 3.05) is 0 Å². The zero-order valence-corrected chi connectivity index (χ0v) is 13.3. The Morgan fingerprint density at radius 3 is 2.73 bits per heavy atom. The normalized spacial score (nSPS) is 10.8. The number of nitrogens with zero attached hydrogens (tertiary/aromatic N) is 3. The molecule has 0 bridgehead atoms. The molecule has 0 aliphatic rings. The van der Waals surface area contributed by atoms with Crippen LogP contribution in [-0.4, -0.2) is 32.3 Å². The maximum absolute atomic E-state index is 12.1. The number of hydrazone groups is 1. The summed E-state index contributed by atoms with van der Waals surface area (Å²) < 4.78 is 0. The molecule has 9 heteroatoms. The van der Waals surface area contributed by atoms with E-state index in [-0.39, 0.29) is 11.3 Å². The second kappa shape index (κ2) is 7.26. The summed E-state index contributed by atoms with van der Waals surface area (Å²) in [6, 6.07) is 14.9. The second-order valence-electron chi connectivity index (χ2n) is 5.20. The summed E-state index contributed by atoms with van der Waals surface area (Å²) >= 11 is 0. The summed E-state index contributed by atoms with van der Waals surface area (Å²) in [5, 5.41) is 31.0. The minimum absolute atomic E-state index is 0.106. The predicted octanol–water partition coefficient (Wildman–Crippen LogP) is 2.45. The smallest absolute Gasteiger partial charge is 0.311 e. The fourth-order valence-corrected chi connectivity index (χ4v) is 2.22. The molecule has 0 unspecified atom stereocenters. The largest absolute Gasteiger partial charge is 0.502 e. The number of aromatic nitrogens is 2. The van der Waals surface area contributed by atoms with E-state index in [1.165, 1.54) is 18.2 Å². The van der Waals surface area contributed by atoms with Crippen LogP contribution in [0.5, 0.6) is 5.75 Å². The molecule has 0 saturated carbocycles. The van der Waals surface area contributed by atoms with Gasteiger partial charge in [0.2, 0.25) is 5.75 Å². The first-order chi connectivity index (χ1) is 12.6. The molecule has 0 atom stereocenters. The third-order valence-corrected chi connectivity index (χ3v) is 3.50. The van der Waals surface area contributed by atoms with Gasteiger partial charge in [-0.1, -0.05) is 36.4 Å². The van der Waals surface area contributed by atoms with E-state index < -0.39 is 22.3 Å². The summed E-state index contributed by atoms with van der Waals surface area (Å²) in [6.45, 7) is 0. The zero-order valence-electron chi connectivity index (χ0n) is 13.3. The summed E-state index contributed by atoms with van der Waals surface area (Å²) in [7, 11) is 0. The summed E-state index contributed by atoms with van der Waals surface area (Å²) in [4.78, 5) is 22.1. The highest BCUT2D eigenvalue weighted by Crippen LogP contribution is 2.27. The first kappa shape index (κ1) is 16.8. The van der Waals surface area contributed by atoms with Crippen LogP contribution in [0.1, 0.15) is 16.1 Å². The van der Waals surface area contributed by atoms with Gasteiger partial charge in [-0.3, -0.25) is 20.0 Å². The van der Waals surface area contributed by atoms with Crippen LogP contribution in [0.2, 0.25) is 0 Å². The number of para-hydroxylation sites is 1. The molecule has 0 radical (unpaired) electrons.